The maximum atomic E-state index is 12.6. The van der Waals surface area contributed by atoms with E-state index < -0.39 is 6.10 Å². The molecule has 3 aromatic rings. The molecule has 144 valence electrons. The third-order valence-electron chi connectivity index (χ3n) is 5.62. The van der Waals surface area contributed by atoms with Crippen LogP contribution in [0.4, 0.5) is 5.69 Å². The van der Waals surface area contributed by atoms with Crippen LogP contribution in [-0.2, 0) is 16.0 Å². The molecule has 7 nitrogen and oxygen atoms in total. The Morgan fingerprint density at radius 2 is 2.25 bits per heavy atom. The molecule has 3 aromatic heterocycles. The van der Waals surface area contributed by atoms with Crippen LogP contribution in [0, 0.1) is 6.92 Å². The van der Waals surface area contributed by atoms with E-state index in [0.29, 0.717) is 26.0 Å². The standard InChI is InChI=1S/C21H22N4O3/c1-12-17(14-6-13-4-5-22-21(13)23-9-14)7-19-18(24-12)8-20(27)25(19)10-16-3-2-15(26)11-28-16/h4-7,9,15-16,26H,2-3,8,10-11H2,1H3,(H,22,23)/t15-,16-/m1/s1. The van der Waals surface area contributed by atoms with E-state index in [1.807, 2.05) is 25.4 Å². The molecule has 28 heavy (non-hydrogen) atoms. The molecule has 0 bridgehead atoms. The van der Waals surface area contributed by atoms with Crippen LogP contribution in [0.15, 0.2) is 30.6 Å². The van der Waals surface area contributed by atoms with Crippen LogP contribution in [0.5, 0.6) is 0 Å². The number of ether oxygens (including phenoxy) is 1. The minimum absolute atomic E-state index is 0.0491. The van der Waals surface area contributed by atoms with E-state index in [0.717, 1.165) is 45.7 Å². The first-order chi connectivity index (χ1) is 13.6. The van der Waals surface area contributed by atoms with Gasteiger partial charge in [-0.15, -0.1) is 0 Å². The van der Waals surface area contributed by atoms with Crippen molar-refractivity contribution in [2.75, 3.05) is 18.1 Å². The molecule has 2 aliphatic rings. The number of fused-ring (bicyclic) bond motifs is 2. The normalized spacial score (nSPS) is 22.1. The summed E-state index contributed by atoms with van der Waals surface area (Å²) in [4.78, 5) is 26.7. The Hall–Kier alpha value is -2.77. The van der Waals surface area contributed by atoms with Gasteiger partial charge >= 0.3 is 0 Å². The highest BCUT2D eigenvalue weighted by atomic mass is 16.5. The second kappa shape index (κ2) is 6.68. The largest absolute Gasteiger partial charge is 0.391 e. The molecule has 5 heterocycles. The predicted molar refractivity (Wildman–Crippen MR) is 105 cm³/mol. The Morgan fingerprint density at radius 3 is 3.07 bits per heavy atom. The molecule has 5 rings (SSSR count). The molecule has 1 fully saturated rings. The molecular formula is C21H22N4O3. The molecule has 1 saturated heterocycles. The quantitative estimate of drug-likeness (QED) is 0.730. The number of H-pyrrole nitrogens is 1. The van der Waals surface area contributed by atoms with Crippen molar-refractivity contribution in [3.05, 3.63) is 42.0 Å². The van der Waals surface area contributed by atoms with Crippen LogP contribution in [-0.4, -0.2) is 51.3 Å². The van der Waals surface area contributed by atoms with Gasteiger partial charge in [-0.25, -0.2) is 4.98 Å². The van der Waals surface area contributed by atoms with E-state index in [2.05, 4.69) is 22.1 Å². The Bertz CT molecular complexity index is 1050. The van der Waals surface area contributed by atoms with Gasteiger partial charge in [-0.3, -0.25) is 9.78 Å². The summed E-state index contributed by atoms with van der Waals surface area (Å²) in [5, 5.41) is 10.7. The predicted octanol–water partition coefficient (Wildman–Crippen LogP) is 2.36. The Kier molecular flexibility index (Phi) is 4.14. The Morgan fingerprint density at radius 1 is 1.36 bits per heavy atom. The van der Waals surface area contributed by atoms with Crippen LogP contribution in [0.3, 0.4) is 0 Å². The van der Waals surface area contributed by atoms with Crippen molar-refractivity contribution in [1.82, 2.24) is 15.0 Å². The number of aliphatic hydroxyl groups is 1. The summed E-state index contributed by atoms with van der Waals surface area (Å²) >= 11 is 0. The lowest BCUT2D eigenvalue weighted by molar-refractivity contribution is -0.118. The maximum absolute atomic E-state index is 12.6. The second-order valence-corrected chi connectivity index (χ2v) is 7.59. The summed E-state index contributed by atoms with van der Waals surface area (Å²) in [5.74, 6) is 0.0491. The number of nitrogens with zero attached hydrogens (tertiary/aromatic N) is 3. The summed E-state index contributed by atoms with van der Waals surface area (Å²) in [7, 11) is 0. The van der Waals surface area contributed by atoms with E-state index in [-0.39, 0.29) is 12.0 Å². The van der Waals surface area contributed by atoms with Crippen LogP contribution < -0.4 is 4.90 Å². The number of pyridine rings is 2. The minimum Gasteiger partial charge on any atom is -0.391 e. The Balaban J connectivity index is 1.49. The van der Waals surface area contributed by atoms with Gasteiger partial charge in [-0.05, 0) is 38.0 Å². The molecule has 0 aliphatic carbocycles. The Labute approximate surface area is 162 Å². The molecule has 0 spiro atoms. The number of anilines is 1. The first kappa shape index (κ1) is 17.3. The zero-order valence-corrected chi connectivity index (χ0v) is 15.7. The van der Waals surface area contributed by atoms with Crippen molar-refractivity contribution >= 4 is 22.6 Å². The molecule has 1 amide bonds. The summed E-state index contributed by atoms with van der Waals surface area (Å²) < 4.78 is 5.72. The molecule has 2 N–H and O–H groups in total. The van der Waals surface area contributed by atoms with Crippen molar-refractivity contribution in [1.29, 1.82) is 0 Å². The first-order valence-corrected chi connectivity index (χ1v) is 9.62. The SMILES string of the molecule is Cc1nc2c(cc1-c1cnc3[nH]ccc3c1)N(C[C@H]1CC[C@@H](O)CO1)C(=O)C2. The molecule has 0 unspecified atom stereocenters. The molecule has 2 atom stereocenters. The van der Waals surface area contributed by atoms with E-state index in [9.17, 15) is 9.90 Å². The zero-order valence-electron chi connectivity index (χ0n) is 15.7. The van der Waals surface area contributed by atoms with Crippen LogP contribution in [0.1, 0.15) is 24.2 Å². The summed E-state index contributed by atoms with van der Waals surface area (Å²) in [5.41, 5.74) is 5.38. The molecule has 7 heteroatoms. The molecular weight excluding hydrogens is 356 g/mol. The fraction of sp³-hybridized carbons (Fsp3) is 0.381. The van der Waals surface area contributed by atoms with Crippen LogP contribution in [0.25, 0.3) is 22.2 Å². The third-order valence-corrected chi connectivity index (χ3v) is 5.62. The van der Waals surface area contributed by atoms with Gasteiger partial charge in [-0.1, -0.05) is 0 Å². The molecule has 0 radical (unpaired) electrons. The van der Waals surface area contributed by atoms with Crippen molar-refractivity contribution in [2.24, 2.45) is 0 Å². The topological polar surface area (TPSA) is 91.3 Å². The van der Waals surface area contributed by atoms with Gasteiger partial charge in [0.05, 0.1) is 43.2 Å². The number of hydrogen-bond donors (Lipinski definition) is 2. The summed E-state index contributed by atoms with van der Waals surface area (Å²) in [6, 6.07) is 6.13. The van der Waals surface area contributed by atoms with Crippen molar-refractivity contribution < 1.29 is 14.6 Å². The second-order valence-electron chi connectivity index (χ2n) is 7.59. The third kappa shape index (κ3) is 2.96. The smallest absolute Gasteiger partial charge is 0.233 e. The lowest BCUT2D eigenvalue weighted by Gasteiger charge is -2.30. The fourth-order valence-corrected chi connectivity index (χ4v) is 4.10. The number of aliphatic hydroxyl groups excluding tert-OH is 1. The van der Waals surface area contributed by atoms with E-state index in [4.69, 9.17) is 9.72 Å². The maximum Gasteiger partial charge on any atom is 0.233 e. The summed E-state index contributed by atoms with van der Waals surface area (Å²) in [6.07, 6.45) is 5.03. The van der Waals surface area contributed by atoms with Gasteiger partial charge in [0, 0.05) is 34.6 Å². The summed E-state index contributed by atoms with van der Waals surface area (Å²) in [6.45, 7) is 2.80. The highest BCUT2D eigenvalue weighted by Crippen LogP contribution is 2.35. The van der Waals surface area contributed by atoms with E-state index >= 15 is 0 Å². The zero-order chi connectivity index (χ0) is 19.3. The van der Waals surface area contributed by atoms with Crippen molar-refractivity contribution in [3.8, 4) is 11.1 Å². The number of hydrogen-bond acceptors (Lipinski definition) is 5. The van der Waals surface area contributed by atoms with E-state index in [1.165, 1.54) is 0 Å². The van der Waals surface area contributed by atoms with Crippen molar-refractivity contribution in [3.63, 3.8) is 0 Å². The van der Waals surface area contributed by atoms with Gasteiger partial charge in [0.1, 0.15) is 5.65 Å². The number of carbonyl (C=O) groups is 1. The van der Waals surface area contributed by atoms with Gasteiger partial charge < -0.3 is 19.7 Å². The number of aromatic nitrogens is 3. The minimum atomic E-state index is -0.399. The van der Waals surface area contributed by atoms with Gasteiger partial charge in [-0.2, -0.15) is 0 Å². The number of aryl methyl sites for hydroxylation is 1. The highest BCUT2D eigenvalue weighted by Gasteiger charge is 2.33. The fourth-order valence-electron chi connectivity index (χ4n) is 4.10. The van der Waals surface area contributed by atoms with Gasteiger partial charge in [0.15, 0.2) is 0 Å². The number of nitrogens with one attached hydrogen (secondary N) is 1. The van der Waals surface area contributed by atoms with Crippen LogP contribution >= 0.6 is 0 Å². The number of carbonyl (C=O) groups excluding carboxylic acids is 1. The molecule has 0 aromatic carbocycles. The highest BCUT2D eigenvalue weighted by molar-refractivity contribution is 6.01. The van der Waals surface area contributed by atoms with Crippen LogP contribution in [0.2, 0.25) is 0 Å². The van der Waals surface area contributed by atoms with Gasteiger partial charge in [0.25, 0.3) is 0 Å². The average Bonchev–Trinajstić information content (AvgIpc) is 3.26. The molecule has 0 saturated carbocycles. The van der Waals surface area contributed by atoms with Crippen molar-refractivity contribution in [2.45, 2.75) is 38.4 Å². The lowest BCUT2D eigenvalue weighted by atomic mass is 10.0. The van der Waals surface area contributed by atoms with E-state index in [1.54, 1.807) is 4.90 Å². The monoisotopic (exact) mass is 378 g/mol. The lowest BCUT2D eigenvalue weighted by Crippen LogP contribution is -2.40. The first-order valence-electron chi connectivity index (χ1n) is 9.62. The number of rotatable bonds is 3. The number of aromatic amines is 1. The average molecular weight is 378 g/mol. The number of amides is 1. The molecule has 2 aliphatic heterocycles. The van der Waals surface area contributed by atoms with Gasteiger partial charge in [0.2, 0.25) is 5.91 Å².